The van der Waals surface area contributed by atoms with Crippen LogP contribution in [0.15, 0.2) is 24.3 Å². The molecule has 126 valence electrons. The molecule has 0 aromatic heterocycles. The second-order valence-electron chi connectivity index (χ2n) is 6.91. The van der Waals surface area contributed by atoms with Crippen molar-refractivity contribution in [2.24, 2.45) is 11.7 Å². The molecule has 22 heavy (non-hydrogen) atoms. The van der Waals surface area contributed by atoms with Crippen LogP contribution >= 0.6 is 12.4 Å². The molecule has 0 fully saturated rings. The molecular formula is C18H31ClN2O. The highest BCUT2D eigenvalue weighted by atomic mass is 35.5. The van der Waals surface area contributed by atoms with E-state index in [0.29, 0.717) is 12.5 Å². The molecule has 0 aliphatic rings. The lowest BCUT2D eigenvalue weighted by atomic mass is 9.83. The van der Waals surface area contributed by atoms with Crippen molar-refractivity contribution in [3.05, 3.63) is 35.4 Å². The Kier molecular flexibility index (Phi) is 8.13. The third-order valence-electron chi connectivity index (χ3n) is 4.31. The lowest BCUT2D eigenvalue weighted by Crippen LogP contribution is -2.43. The smallest absolute Gasteiger partial charge is 0.232 e. The first kappa shape index (κ1) is 20.9. The molecule has 0 heterocycles. The largest absolute Gasteiger partial charge is 0.345 e. The second-order valence-corrected chi connectivity index (χ2v) is 6.91. The van der Waals surface area contributed by atoms with E-state index in [-0.39, 0.29) is 24.4 Å². The molecule has 1 aromatic carbocycles. The number of hydrogen-bond donors (Lipinski definition) is 1. The first-order valence-corrected chi connectivity index (χ1v) is 7.74. The Bertz CT molecular complexity index is 468. The maximum atomic E-state index is 12.7. The highest BCUT2D eigenvalue weighted by molar-refractivity contribution is 5.87. The maximum absolute atomic E-state index is 12.7. The molecule has 0 saturated heterocycles. The zero-order chi connectivity index (χ0) is 16.2. The third-order valence-corrected chi connectivity index (χ3v) is 4.31. The molecule has 0 aliphatic carbocycles. The Hall–Kier alpha value is -1.06. The van der Waals surface area contributed by atoms with E-state index in [1.165, 1.54) is 5.56 Å². The van der Waals surface area contributed by atoms with Gasteiger partial charge in [0.2, 0.25) is 5.91 Å². The minimum atomic E-state index is -0.510. The summed E-state index contributed by atoms with van der Waals surface area (Å²) in [5.74, 6) is 0.584. The average molecular weight is 327 g/mol. The minimum absolute atomic E-state index is 0. The van der Waals surface area contributed by atoms with Crippen LogP contribution < -0.4 is 5.73 Å². The van der Waals surface area contributed by atoms with Crippen molar-refractivity contribution < 1.29 is 4.79 Å². The van der Waals surface area contributed by atoms with E-state index >= 15 is 0 Å². The van der Waals surface area contributed by atoms with Gasteiger partial charge < -0.3 is 10.6 Å². The first-order chi connectivity index (χ1) is 9.66. The molecule has 1 amide bonds. The number of nitrogens with zero attached hydrogens (tertiary/aromatic N) is 1. The van der Waals surface area contributed by atoms with Crippen LogP contribution in [0.5, 0.6) is 0 Å². The minimum Gasteiger partial charge on any atom is -0.345 e. The average Bonchev–Trinajstić information content (AvgIpc) is 2.43. The van der Waals surface area contributed by atoms with Crippen molar-refractivity contribution in [3.8, 4) is 0 Å². The van der Waals surface area contributed by atoms with Crippen LogP contribution in [0.4, 0.5) is 0 Å². The van der Waals surface area contributed by atoms with Crippen LogP contribution in [0.25, 0.3) is 0 Å². The van der Waals surface area contributed by atoms with Crippen molar-refractivity contribution in [2.45, 2.75) is 52.5 Å². The Balaban J connectivity index is 0.00000441. The van der Waals surface area contributed by atoms with Crippen LogP contribution in [-0.4, -0.2) is 30.4 Å². The van der Waals surface area contributed by atoms with E-state index in [4.69, 9.17) is 5.73 Å². The number of hydrogen-bond acceptors (Lipinski definition) is 2. The quantitative estimate of drug-likeness (QED) is 0.869. The molecule has 1 unspecified atom stereocenters. The summed E-state index contributed by atoms with van der Waals surface area (Å²) < 4.78 is 0. The van der Waals surface area contributed by atoms with Crippen molar-refractivity contribution in [1.29, 1.82) is 0 Å². The first-order valence-electron chi connectivity index (χ1n) is 7.74. The van der Waals surface area contributed by atoms with Gasteiger partial charge in [0.1, 0.15) is 0 Å². The van der Waals surface area contributed by atoms with E-state index in [2.05, 4.69) is 32.9 Å². The highest BCUT2D eigenvalue weighted by Crippen LogP contribution is 2.26. The Morgan fingerprint density at radius 1 is 1.23 bits per heavy atom. The molecule has 3 nitrogen and oxygen atoms in total. The van der Waals surface area contributed by atoms with Gasteiger partial charge in [0.25, 0.3) is 0 Å². The number of benzene rings is 1. The molecule has 0 saturated carbocycles. The van der Waals surface area contributed by atoms with E-state index in [1.807, 2.05) is 37.9 Å². The van der Waals surface area contributed by atoms with Crippen molar-refractivity contribution >= 4 is 18.3 Å². The van der Waals surface area contributed by atoms with Crippen LogP contribution in [-0.2, 0) is 10.2 Å². The second kappa shape index (κ2) is 8.54. The summed E-state index contributed by atoms with van der Waals surface area (Å²) in [5, 5.41) is 0. The topological polar surface area (TPSA) is 46.3 Å². The number of aryl methyl sites for hydroxylation is 1. The number of rotatable bonds is 6. The van der Waals surface area contributed by atoms with Gasteiger partial charge in [-0.2, -0.15) is 0 Å². The predicted octanol–water partition coefficient (Wildman–Crippen LogP) is 3.53. The molecule has 1 aromatic rings. The van der Waals surface area contributed by atoms with Gasteiger partial charge >= 0.3 is 0 Å². The fourth-order valence-corrected chi connectivity index (χ4v) is 2.35. The van der Waals surface area contributed by atoms with Gasteiger partial charge in [0.05, 0.1) is 5.41 Å². The predicted molar refractivity (Wildman–Crippen MR) is 96.5 cm³/mol. The lowest BCUT2D eigenvalue weighted by Gasteiger charge is -2.31. The summed E-state index contributed by atoms with van der Waals surface area (Å²) in [6, 6.07) is 8.34. The normalized spacial score (nSPS) is 12.7. The summed E-state index contributed by atoms with van der Waals surface area (Å²) >= 11 is 0. The van der Waals surface area contributed by atoms with Crippen LogP contribution in [0.2, 0.25) is 0 Å². The monoisotopic (exact) mass is 326 g/mol. The molecule has 4 heteroatoms. The summed E-state index contributed by atoms with van der Waals surface area (Å²) in [4.78, 5) is 14.5. The van der Waals surface area contributed by atoms with E-state index in [9.17, 15) is 4.79 Å². The number of carbonyl (C=O) groups is 1. The third kappa shape index (κ3) is 5.29. The van der Waals surface area contributed by atoms with Crippen LogP contribution in [0.1, 0.15) is 45.2 Å². The highest BCUT2D eigenvalue weighted by Gasteiger charge is 2.32. The lowest BCUT2D eigenvalue weighted by molar-refractivity contribution is -0.135. The van der Waals surface area contributed by atoms with E-state index in [0.717, 1.165) is 12.0 Å². The van der Waals surface area contributed by atoms with Gasteiger partial charge in [-0.15, -0.1) is 12.4 Å². The Morgan fingerprint density at radius 3 is 2.18 bits per heavy atom. The number of halogens is 1. The van der Waals surface area contributed by atoms with Gasteiger partial charge in [0, 0.05) is 19.6 Å². The van der Waals surface area contributed by atoms with Crippen molar-refractivity contribution in [3.63, 3.8) is 0 Å². The van der Waals surface area contributed by atoms with Gasteiger partial charge in [-0.25, -0.2) is 0 Å². The summed E-state index contributed by atoms with van der Waals surface area (Å²) in [6.07, 6.45) is 0.837. The van der Waals surface area contributed by atoms with Crippen molar-refractivity contribution in [2.75, 3.05) is 13.6 Å². The number of amides is 1. The molecule has 1 rings (SSSR count). The fourth-order valence-electron chi connectivity index (χ4n) is 2.35. The number of likely N-dealkylation sites (N-methyl/N-ethyl adjacent to an activating group) is 1. The van der Waals surface area contributed by atoms with E-state index in [1.54, 1.807) is 0 Å². The molecule has 0 aliphatic heterocycles. The maximum Gasteiger partial charge on any atom is 0.232 e. The molecule has 1 atom stereocenters. The number of nitrogens with two attached hydrogens (primary N) is 1. The molecule has 0 spiro atoms. The van der Waals surface area contributed by atoms with Crippen LogP contribution in [0, 0.1) is 12.8 Å². The fraction of sp³-hybridized carbons (Fsp3) is 0.611. The van der Waals surface area contributed by atoms with E-state index < -0.39 is 5.41 Å². The Labute approximate surface area is 141 Å². The molecular weight excluding hydrogens is 296 g/mol. The van der Waals surface area contributed by atoms with Crippen LogP contribution in [0.3, 0.4) is 0 Å². The zero-order valence-corrected chi connectivity index (χ0v) is 15.5. The summed E-state index contributed by atoms with van der Waals surface area (Å²) in [6.45, 7) is 11.0. The van der Waals surface area contributed by atoms with Gasteiger partial charge in [-0.3, -0.25) is 4.79 Å². The summed E-state index contributed by atoms with van der Waals surface area (Å²) in [7, 11) is 1.87. The molecule has 2 N–H and O–H groups in total. The standard InChI is InChI=1S/C18H30N2O.ClH/c1-13(2)16(19)11-12-20(6)17(21)18(4,5)15-9-7-14(3)8-10-15;/h7-10,13,16H,11-12,19H2,1-6H3;1H. The zero-order valence-electron chi connectivity index (χ0n) is 14.7. The van der Waals surface area contributed by atoms with Crippen molar-refractivity contribution in [1.82, 2.24) is 4.90 Å². The number of carbonyl (C=O) groups excluding carboxylic acids is 1. The Morgan fingerprint density at radius 2 is 1.73 bits per heavy atom. The molecule has 0 radical (unpaired) electrons. The summed E-state index contributed by atoms with van der Waals surface area (Å²) in [5.41, 5.74) is 7.81. The van der Waals surface area contributed by atoms with Gasteiger partial charge in [0.15, 0.2) is 0 Å². The SMILES string of the molecule is Cc1ccc(C(C)(C)C(=O)N(C)CCC(N)C(C)C)cc1.Cl. The van der Waals surface area contributed by atoms with Gasteiger partial charge in [-0.1, -0.05) is 43.7 Å². The van der Waals surface area contributed by atoms with Gasteiger partial charge in [-0.05, 0) is 38.7 Å². The molecule has 0 bridgehead atoms.